The van der Waals surface area contributed by atoms with Crippen LogP contribution in [-0.2, 0) is 0 Å². The summed E-state index contributed by atoms with van der Waals surface area (Å²) < 4.78 is 0. The molecular weight excluding hydrogens is 328 g/mol. The van der Waals surface area contributed by atoms with E-state index in [1.54, 1.807) is 11.3 Å². The molecule has 0 radical (unpaired) electrons. The van der Waals surface area contributed by atoms with Crippen molar-refractivity contribution in [3.63, 3.8) is 0 Å². The van der Waals surface area contributed by atoms with Gasteiger partial charge >= 0.3 is 0 Å². The molecule has 1 saturated heterocycles. The largest absolute Gasteiger partial charge is 0.369 e. The van der Waals surface area contributed by atoms with E-state index < -0.39 is 0 Å². The van der Waals surface area contributed by atoms with Gasteiger partial charge in [-0.15, -0.1) is 0 Å². The lowest BCUT2D eigenvalue weighted by atomic mass is 9.62. The zero-order valence-corrected chi connectivity index (χ0v) is 17.2. The fraction of sp³-hybridized carbons (Fsp3) is 0.760. The Morgan fingerprint density at radius 1 is 0.778 bits per heavy atom. The van der Waals surface area contributed by atoms with Gasteiger partial charge in [0, 0.05) is 38.4 Å². The van der Waals surface area contributed by atoms with E-state index in [0.29, 0.717) is 0 Å². The van der Waals surface area contributed by atoms with Crippen molar-refractivity contribution < 1.29 is 0 Å². The Kier molecular flexibility index (Phi) is 5.19. The molecule has 1 aromatic carbocycles. The molecule has 1 heterocycles. The lowest BCUT2D eigenvalue weighted by molar-refractivity contribution is 0.114. The van der Waals surface area contributed by atoms with Gasteiger partial charge in [-0.3, -0.25) is 4.90 Å². The summed E-state index contributed by atoms with van der Waals surface area (Å²) >= 11 is 0. The highest BCUT2D eigenvalue weighted by molar-refractivity contribution is 5.55. The minimum Gasteiger partial charge on any atom is -0.369 e. The molecular formula is C25H38N2. The second kappa shape index (κ2) is 7.78. The average Bonchev–Trinajstić information content (AvgIpc) is 3.54. The molecule has 0 bridgehead atoms. The van der Waals surface area contributed by atoms with Gasteiger partial charge in [0.05, 0.1) is 0 Å². The monoisotopic (exact) mass is 366 g/mol. The normalized spacial score (nSPS) is 27.2. The summed E-state index contributed by atoms with van der Waals surface area (Å²) in [5, 5.41) is 0. The number of benzene rings is 1. The van der Waals surface area contributed by atoms with Crippen molar-refractivity contribution in [1.82, 2.24) is 4.90 Å². The molecule has 1 aliphatic heterocycles. The van der Waals surface area contributed by atoms with Crippen LogP contribution in [0.4, 0.5) is 5.69 Å². The van der Waals surface area contributed by atoms with Crippen LogP contribution >= 0.6 is 0 Å². The minimum atomic E-state index is 0.734. The van der Waals surface area contributed by atoms with Crippen molar-refractivity contribution in [2.24, 2.45) is 11.3 Å². The summed E-state index contributed by atoms with van der Waals surface area (Å²) in [6.45, 7) is 6.33. The van der Waals surface area contributed by atoms with Crippen LogP contribution in [0.5, 0.6) is 0 Å². The van der Waals surface area contributed by atoms with Crippen molar-refractivity contribution >= 4 is 5.69 Å². The molecule has 4 aliphatic rings. The first-order valence-corrected chi connectivity index (χ1v) is 11.9. The first-order chi connectivity index (χ1) is 13.3. The molecule has 4 fully saturated rings. The van der Waals surface area contributed by atoms with Gasteiger partial charge in [-0.05, 0) is 80.2 Å². The molecule has 5 rings (SSSR count). The summed E-state index contributed by atoms with van der Waals surface area (Å²) in [5.74, 6) is 1.83. The number of hydrogen-bond acceptors (Lipinski definition) is 2. The molecule has 148 valence electrons. The topological polar surface area (TPSA) is 6.48 Å². The van der Waals surface area contributed by atoms with E-state index in [-0.39, 0.29) is 0 Å². The number of rotatable bonds is 4. The van der Waals surface area contributed by atoms with Crippen LogP contribution in [0.15, 0.2) is 24.3 Å². The van der Waals surface area contributed by atoms with Crippen molar-refractivity contribution in [1.29, 1.82) is 0 Å². The Morgan fingerprint density at radius 2 is 1.48 bits per heavy atom. The van der Waals surface area contributed by atoms with Gasteiger partial charge in [0.15, 0.2) is 0 Å². The van der Waals surface area contributed by atoms with Crippen LogP contribution in [0.3, 0.4) is 0 Å². The van der Waals surface area contributed by atoms with Crippen molar-refractivity contribution in [3.8, 4) is 0 Å². The molecule has 0 aromatic heterocycles. The lowest BCUT2D eigenvalue weighted by Crippen LogP contribution is -2.47. The van der Waals surface area contributed by atoms with Crippen LogP contribution in [0.2, 0.25) is 0 Å². The molecule has 3 saturated carbocycles. The lowest BCUT2D eigenvalue weighted by Gasteiger charge is -2.44. The van der Waals surface area contributed by atoms with Crippen LogP contribution in [0.1, 0.15) is 82.1 Å². The van der Waals surface area contributed by atoms with Crippen LogP contribution in [0, 0.1) is 11.3 Å². The Hall–Kier alpha value is -1.02. The van der Waals surface area contributed by atoms with E-state index in [2.05, 4.69) is 34.1 Å². The predicted molar refractivity (Wildman–Crippen MR) is 115 cm³/mol. The van der Waals surface area contributed by atoms with E-state index in [1.807, 2.05) is 0 Å². The zero-order valence-electron chi connectivity index (χ0n) is 17.2. The van der Waals surface area contributed by atoms with E-state index in [0.717, 1.165) is 17.3 Å². The van der Waals surface area contributed by atoms with Crippen molar-refractivity contribution in [2.45, 2.75) is 76.5 Å². The number of nitrogens with zero attached hydrogens (tertiary/aromatic N) is 2. The average molecular weight is 367 g/mol. The number of anilines is 1. The molecule has 1 spiro atoms. The van der Waals surface area contributed by atoms with E-state index in [9.17, 15) is 0 Å². The molecule has 0 unspecified atom stereocenters. The van der Waals surface area contributed by atoms with Gasteiger partial charge in [-0.25, -0.2) is 0 Å². The summed E-state index contributed by atoms with van der Waals surface area (Å²) in [6.07, 6.45) is 16.3. The van der Waals surface area contributed by atoms with Crippen LogP contribution < -0.4 is 4.90 Å². The number of piperazine rings is 1. The Morgan fingerprint density at radius 3 is 2.19 bits per heavy atom. The molecule has 3 aliphatic carbocycles. The van der Waals surface area contributed by atoms with Gasteiger partial charge in [-0.1, -0.05) is 37.5 Å². The van der Waals surface area contributed by atoms with E-state index in [1.165, 1.54) is 103 Å². The second-order valence-electron chi connectivity index (χ2n) is 10.1. The number of para-hydroxylation sites is 1. The molecule has 1 aromatic rings. The first-order valence-electron chi connectivity index (χ1n) is 11.9. The SMILES string of the molecule is c1ccc(N2CCN(CC3CC3)CC2)c(C2CCC3(CCCCC3)CC2)c1. The molecule has 2 heteroatoms. The summed E-state index contributed by atoms with van der Waals surface area (Å²) in [5.41, 5.74) is 3.96. The maximum absolute atomic E-state index is 2.71. The third-order valence-corrected chi connectivity index (χ3v) is 8.26. The maximum atomic E-state index is 2.71. The molecule has 2 nitrogen and oxygen atoms in total. The summed E-state index contributed by atoms with van der Waals surface area (Å²) in [7, 11) is 0. The van der Waals surface area contributed by atoms with Gasteiger partial charge in [0.2, 0.25) is 0 Å². The first kappa shape index (κ1) is 18.0. The van der Waals surface area contributed by atoms with E-state index in [4.69, 9.17) is 0 Å². The van der Waals surface area contributed by atoms with Gasteiger partial charge < -0.3 is 4.90 Å². The third kappa shape index (κ3) is 4.06. The predicted octanol–water partition coefficient (Wildman–Crippen LogP) is 5.83. The molecule has 27 heavy (non-hydrogen) atoms. The van der Waals surface area contributed by atoms with Crippen LogP contribution in [0.25, 0.3) is 0 Å². The standard InChI is InChI=1S/C25H38N2/c1-4-12-25(13-5-1)14-10-22(11-15-25)23-6-2-3-7-24(23)27-18-16-26(17-19-27)20-21-8-9-21/h2-3,6-7,21-22H,1,4-5,8-20H2. The molecule has 0 atom stereocenters. The summed E-state index contributed by atoms with van der Waals surface area (Å²) in [4.78, 5) is 5.41. The third-order valence-electron chi connectivity index (χ3n) is 8.26. The fourth-order valence-electron chi connectivity index (χ4n) is 6.30. The Bertz CT molecular complexity index is 611. The summed E-state index contributed by atoms with van der Waals surface area (Å²) in [6, 6.07) is 9.42. The highest BCUT2D eigenvalue weighted by Gasteiger charge is 2.37. The highest BCUT2D eigenvalue weighted by Crippen LogP contribution is 2.51. The van der Waals surface area contributed by atoms with Crippen LogP contribution in [-0.4, -0.2) is 37.6 Å². The number of hydrogen-bond donors (Lipinski definition) is 0. The highest BCUT2D eigenvalue weighted by atomic mass is 15.3. The maximum Gasteiger partial charge on any atom is 0.0402 e. The van der Waals surface area contributed by atoms with Gasteiger partial charge in [-0.2, -0.15) is 0 Å². The van der Waals surface area contributed by atoms with E-state index >= 15 is 0 Å². The second-order valence-corrected chi connectivity index (χ2v) is 10.1. The minimum absolute atomic E-state index is 0.734. The van der Waals surface area contributed by atoms with Crippen molar-refractivity contribution in [2.75, 3.05) is 37.6 Å². The Labute approximate surface area is 166 Å². The smallest absolute Gasteiger partial charge is 0.0402 e. The van der Waals surface area contributed by atoms with Gasteiger partial charge in [0.25, 0.3) is 0 Å². The van der Waals surface area contributed by atoms with Gasteiger partial charge in [0.1, 0.15) is 0 Å². The Balaban J connectivity index is 1.23. The van der Waals surface area contributed by atoms with Crippen molar-refractivity contribution in [3.05, 3.63) is 29.8 Å². The zero-order chi connectivity index (χ0) is 18.1. The quantitative estimate of drug-likeness (QED) is 0.662. The fourth-order valence-corrected chi connectivity index (χ4v) is 6.30. The molecule has 0 N–H and O–H groups in total. The molecule has 0 amide bonds.